The fourth-order valence-electron chi connectivity index (χ4n) is 1.00. The van der Waals surface area contributed by atoms with Gasteiger partial charge < -0.3 is 10.2 Å². The second kappa shape index (κ2) is 6.01. The molecule has 0 aliphatic heterocycles. The lowest BCUT2D eigenvalue weighted by Gasteiger charge is -2.05. The van der Waals surface area contributed by atoms with Gasteiger partial charge in [0.15, 0.2) is 0 Å². The van der Waals surface area contributed by atoms with E-state index in [-0.39, 0.29) is 6.61 Å². The quantitative estimate of drug-likeness (QED) is 0.576. The van der Waals surface area contributed by atoms with Crippen LogP contribution in [-0.2, 0) is 0 Å². The number of aliphatic hydroxyl groups excluding tert-OH is 2. The van der Waals surface area contributed by atoms with Crippen molar-refractivity contribution in [2.45, 2.75) is 24.5 Å². The Hall–Kier alpha value is -0.580. The largest absolute Gasteiger partial charge is 0.396 e. The predicted molar refractivity (Wildman–Crippen MR) is 57.3 cm³/mol. The fraction of sp³-hybridized carbons (Fsp3) is 0.500. The molecule has 1 unspecified atom stereocenters. The van der Waals surface area contributed by atoms with Crippen LogP contribution < -0.4 is 0 Å². The Labute approximate surface area is 88.2 Å². The normalized spacial score (nSPS) is 12.8. The summed E-state index contributed by atoms with van der Waals surface area (Å²) in [6.45, 7) is 1.95. The summed E-state index contributed by atoms with van der Waals surface area (Å²) in [5.74, 6) is 0.854. The molecule has 0 aliphatic carbocycles. The Morgan fingerprint density at radius 2 is 2.36 bits per heavy atom. The molecule has 0 spiro atoms. The second-order valence-electron chi connectivity index (χ2n) is 3.03. The lowest BCUT2D eigenvalue weighted by atomic mass is 10.2. The molecule has 0 aliphatic rings. The third kappa shape index (κ3) is 3.65. The van der Waals surface area contributed by atoms with Crippen molar-refractivity contribution in [2.24, 2.45) is 0 Å². The van der Waals surface area contributed by atoms with Gasteiger partial charge in [-0.15, -0.1) is 11.8 Å². The number of pyridine rings is 1. The minimum atomic E-state index is -0.449. The summed E-state index contributed by atoms with van der Waals surface area (Å²) in [6.07, 6.45) is 2.02. The van der Waals surface area contributed by atoms with E-state index in [1.54, 1.807) is 30.9 Å². The summed E-state index contributed by atoms with van der Waals surface area (Å²) in [7, 11) is 0. The number of aromatic nitrogens is 1. The maximum absolute atomic E-state index is 9.34. The Balaban J connectivity index is 2.55. The molecule has 0 radical (unpaired) electrons. The van der Waals surface area contributed by atoms with Crippen LogP contribution in [0.2, 0.25) is 0 Å². The minimum absolute atomic E-state index is 0.211. The van der Waals surface area contributed by atoms with Gasteiger partial charge in [0.05, 0.1) is 11.1 Å². The zero-order valence-corrected chi connectivity index (χ0v) is 9.00. The summed E-state index contributed by atoms with van der Waals surface area (Å²) in [4.78, 5) is 4.16. The third-order valence-electron chi connectivity index (χ3n) is 1.79. The number of aliphatic hydroxyl groups is 2. The summed E-state index contributed by atoms with van der Waals surface area (Å²) in [6, 6.07) is 3.69. The predicted octanol–water partition coefficient (Wildman–Crippen LogP) is 1.61. The van der Waals surface area contributed by atoms with Crippen molar-refractivity contribution in [3.8, 4) is 0 Å². The van der Waals surface area contributed by atoms with Gasteiger partial charge in [-0.3, -0.25) is 0 Å². The number of nitrogens with zero attached hydrogens (tertiary/aromatic N) is 1. The molecule has 3 nitrogen and oxygen atoms in total. The molecule has 1 aromatic rings. The van der Waals surface area contributed by atoms with E-state index in [1.165, 1.54) is 0 Å². The molecule has 1 aromatic heterocycles. The van der Waals surface area contributed by atoms with E-state index in [0.29, 0.717) is 0 Å². The second-order valence-corrected chi connectivity index (χ2v) is 4.14. The van der Waals surface area contributed by atoms with Crippen LogP contribution in [0.1, 0.15) is 25.0 Å². The summed E-state index contributed by atoms with van der Waals surface area (Å²) in [5, 5.41) is 18.9. The summed E-state index contributed by atoms with van der Waals surface area (Å²) >= 11 is 1.59. The van der Waals surface area contributed by atoms with E-state index in [0.717, 1.165) is 22.8 Å². The highest BCUT2D eigenvalue weighted by atomic mass is 32.2. The van der Waals surface area contributed by atoms with Crippen LogP contribution in [-0.4, -0.2) is 27.6 Å². The fourth-order valence-corrected chi connectivity index (χ4v) is 1.84. The molecule has 0 saturated heterocycles. The van der Waals surface area contributed by atoms with E-state index >= 15 is 0 Å². The Morgan fingerprint density at radius 1 is 1.57 bits per heavy atom. The van der Waals surface area contributed by atoms with Gasteiger partial charge in [0, 0.05) is 18.6 Å². The number of hydrogen-bond donors (Lipinski definition) is 2. The zero-order valence-electron chi connectivity index (χ0n) is 8.18. The Bertz CT molecular complexity index is 279. The number of rotatable bonds is 5. The average Bonchev–Trinajstić information content (AvgIpc) is 2.19. The van der Waals surface area contributed by atoms with Crippen LogP contribution in [0.3, 0.4) is 0 Å². The first-order valence-corrected chi connectivity index (χ1v) is 5.60. The lowest BCUT2D eigenvalue weighted by Crippen LogP contribution is -1.93. The molecule has 1 rings (SSSR count). The number of thioether (sulfide) groups is 1. The summed E-state index contributed by atoms with van der Waals surface area (Å²) < 4.78 is 0. The van der Waals surface area contributed by atoms with Crippen molar-refractivity contribution in [3.63, 3.8) is 0 Å². The highest BCUT2D eigenvalue weighted by molar-refractivity contribution is 7.99. The highest BCUT2D eigenvalue weighted by Crippen LogP contribution is 2.20. The van der Waals surface area contributed by atoms with Crippen LogP contribution in [0.15, 0.2) is 23.4 Å². The van der Waals surface area contributed by atoms with Gasteiger partial charge in [0.1, 0.15) is 0 Å². The van der Waals surface area contributed by atoms with Gasteiger partial charge in [-0.1, -0.05) is 0 Å². The van der Waals surface area contributed by atoms with Crippen LogP contribution in [0, 0.1) is 0 Å². The molecule has 2 N–H and O–H groups in total. The molecular weight excluding hydrogens is 198 g/mol. The molecule has 0 amide bonds. The molecule has 1 atom stereocenters. The lowest BCUT2D eigenvalue weighted by molar-refractivity contribution is 0.199. The molecule has 14 heavy (non-hydrogen) atoms. The monoisotopic (exact) mass is 213 g/mol. The molecule has 78 valence electrons. The van der Waals surface area contributed by atoms with Gasteiger partial charge in [0.25, 0.3) is 0 Å². The molecule has 4 heteroatoms. The van der Waals surface area contributed by atoms with Crippen molar-refractivity contribution < 1.29 is 10.2 Å². The maximum atomic E-state index is 9.34. The van der Waals surface area contributed by atoms with Crippen LogP contribution in [0.25, 0.3) is 0 Å². The van der Waals surface area contributed by atoms with Gasteiger partial charge in [-0.25, -0.2) is 4.98 Å². The SMILES string of the molecule is CC(O)c1ccnc(SCCCO)c1. The van der Waals surface area contributed by atoms with Crippen molar-refractivity contribution in [3.05, 3.63) is 23.9 Å². The van der Waals surface area contributed by atoms with Gasteiger partial charge >= 0.3 is 0 Å². The van der Waals surface area contributed by atoms with Crippen molar-refractivity contribution >= 4 is 11.8 Å². The smallest absolute Gasteiger partial charge is 0.0963 e. The highest BCUT2D eigenvalue weighted by Gasteiger charge is 2.02. The van der Waals surface area contributed by atoms with E-state index in [1.807, 2.05) is 6.07 Å². The van der Waals surface area contributed by atoms with Crippen LogP contribution in [0.4, 0.5) is 0 Å². The van der Waals surface area contributed by atoms with E-state index < -0.39 is 6.10 Å². The standard InChI is InChI=1S/C10H15NO2S/c1-8(13)9-3-4-11-10(7-9)14-6-2-5-12/h3-4,7-8,12-13H,2,5-6H2,1H3. The third-order valence-corrected chi connectivity index (χ3v) is 2.81. The molecule has 0 bridgehead atoms. The molecule has 1 heterocycles. The zero-order chi connectivity index (χ0) is 10.4. The average molecular weight is 213 g/mol. The molecule has 0 aromatic carbocycles. The van der Waals surface area contributed by atoms with Crippen molar-refractivity contribution in [1.29, 1.82) is 0 Å². The van der Waals surface area contributed by atoms with Gasteiger partial charge in [-0.2, -0.15) is 0 Å². The molecule has 0 saturated carbocycles. The van der Waals surface area contributed by atoms with Crippen molar-refractivity contribution in [1.82, 2.24) is 4.98 Å². The first-order chi connectivity index (χ1) is 6.74. The topological polar surface area (TPSA) is 53.4 Å². The maximum Gasteiger partial charge on any atom is 0.0963 e. The van der Waals surface area contributed by atoms with Crippen molar-refractivity contribution in [2.75, 3.05) is 12.4 Å². The summed E-state index contributed by atoms with van der Waals surface area (Å²) in [5.41, 5.74) is 0.881. The van der Waals surface area contributed by atoms with Crippen LogP contribution >= 0.6 is 11.8 Å². The minimum Gasteiger partial charge on any atom is -0.396 e. The Morgan fingerprint density at radius 3 is 3.00 bits per heavy atom. The molecule has 0 fully saturated rings. The number of hydrogen-bond acceptors (Lipinski definition) is 4. The van der Waals surface area contributed by atoms with Gasteiger partial charge in [-0.05, 0) is 31.0 Å². The van der Waals surface area contributed by atoms with E-state index in [9.17, 15) is 5.11 Å². The first-order valence-electron chi connectivity index (χ1n) is 4.61. The molecular formula is C10H15NO2S. The van der Waals surface area contributed by atoms with Crippen LogP contribution in [0.5, 0.6) is 0 Å². The van der Waals surface area contributed by atoms with E-state index in [2.05, 4.69) is 4.98 Å². The van der Waals surface area contributed by atoms with Gasteiger partial charge in [0.2, 0.25) is 0 Å². The Kier molecular flexibility index (Phi) is 4.93. The van der Waals surface area contributed by atoms with E-state index in [4.69, 9.17) is 5.11 Å². The first kappa shape index (κ1) is 11.5.